The van der Waals surface area contributed by atoms with Gasteiger partial charge in [0, 0.05) is 31.3 Å². The molecule has 0 bridgehead atoms. The van der Waals surface area contributed by atoms with Crippen LogP contribution < -0.4 is 4.72 Å². The summed E-state index contributed by atoms with van der Waals surface area (Å²) in [5.74, 6) is 0. The summed E-state index contributed by atoms with van der Waals surface area (Å²) in [6.07, 6.45) is 4.53. The zero-order valence-electron chi connectivity index (χ0n) is 12.8. The van der Waals surface area contributed by atoms with Crippen LogP contribution in [0.25, 0.3) is 10.9 Å². The summed E-state index contributed by atoms with van der Waals surface area (Å²) in [7, 11) is -3.63. The first-order valence-electron chi connectivity index (χ1n) is 7.83. The van der Waals surface area contributed by atoms with Gasteiger partial charge in [0.1, 0.15) is 0 Å². The standard InChI is InChI=1S/C15H17Cl2N3O3S/c16-11-5-9-7-20(8-10-3-1-2-4-23-10)24(21,22)19-14(9)15-13(11)12(17)6-18-15/h5-6,10,18-19H,1-4,7-8H2. The summed E-state index contributed by atoms with van der Waals surface area (Å²) in [6, 6.07) is 1.77. The van der Waals surface area contributed by atoms with E-state index in [0.717, 1.165) is 24.8 Å². The summed E-state index contributed by atoms with van der Waals surface area (Å²) < 4.78 is 35.0. The maximum atomic E-state index is 12.6. The Morgan fingerprint density at radius 1 is 1.29 bits per heavy atom. The number of nitrogens with zero attached hydrogens (tertiary/aromatic N) is 1. The molecule has 0 amide bonds. The van der Waals surface area contributed by atoms with E-state index in [0.29, 0.717) is 39.8 Å². The van der Waals surface area contributed by atoms with Crippen molar-refractivity contribution in [2.24, 2.45) is 0 Å². The highest BCUT2D eigenvalue weighted by atomic mass is 35.5. The number of ether oxygens (including phenoxy) is 1. The van der Waals surface area contributed by atoms with Crippen LogP contribution in [0, 0.1) is 0 Å². The Morgan fingerprint density at radius 3 is 2.88 bits per heavy atom. The molecule has 2 aromatic rings. The third-order valence-electron chi connectivity index (χ3n) is 4.54. The number of nitrogens with one attached hydrogen (secondary N) is 2. The molecule has 2 aliphatic rings. The fourth-order valence-corrected chi connectivity index (χ4v) is 5.26. The number of halogens is 2. The SMILES string of the molecule is O=S1(=O)Nc2c(cc(Cl)c3c(Cl)c[nH]c23)CN1CC1CCCCO1. The van der Waals surface area contributed by atoms with E-state index < -0.39 is 10.2 Å². The monoisotopic (exact) mass is 389 g/mol. The van der Waals surface area contributed by atoms with E-state index in [9.17, 15) is 8.42 Å². The molecule has 0 spiro atoms. The van der Waals surface area contributed by atoms with Crippen molar-refractivity contribution in [1.82, 2.24) is 9.29 Å². The zero-order chi connectivity index (χ0) is 16.9. The predicted octanol–water partition coefficient (Wildman–Crippen LogP) is 3.52. The lowest BCUT2D eigenvalue weighted by Crippen LogP contribution is -2.44. The van der Waals surface area contributed by atoms with Crippen LogP contribution in [-0.2, 0) is 21.5 Å². The van der Waals surface area contributed by atoms with Crippen molar-refractivity contribution in [1.29, 1.82) is 0 Å². The number of hydrogen-bond donors (Lipinski definition) is 2. The van der Waals surface area contributed by atoms with Gasteiger partial charge in [-0.25, -0.2) is 0 Å². The Kier molecular flexibility index (Phi) is 4.17. The molecule has 2 aliphatic heterocycles. The number of aromatic amines is 1. The number of aromatic nitrogens is 1. The van der Waals surface area contributed by atoms with Gasteiger partial charge < -0.3 is 9.72 Å². The first-order valence-corrected chi connectivity index (χ1v) is 10.0. The summed E-state index contributed by atoms with van der Waals surface area (Å²) in [5.41, 5.74) is 1.94. The first kappa shape index (κ1) is 16.5. The van der Waals surface area contributed by atoms with E-state index in [4.69, 9.17) is 27.9 Å². The summed E-state index contributed by atoms with van der Waals surface area (Å²) >= 11 is 12.5. The van der Waals surface area contributed by atoms with Gasteiger partial charge in [-0.1, -0.05) is 23.2 Å². The average molecular weight is 390 g/mol. The molecule has 1 saturated heterocycles. The molecule has 9 heteroatoms. The van der Waals surface area contributed by atoms with Gasteiger partial charge in [0.25, 0.3) is 0 Å². The van der Waals surface area contributed by atoms with Crippen molar-refractivity contribution >= 4 is 50.0 Å². The maximum Gasteiger partial charge on any atom is 0.302 e. The van der Waals surface area contributed by atoms with Crippen LogP contribution in [0.2, 0.25) is 10.0 Å². The highest BCUT2D eigenvalue weighted by molar-refractivity contribution is 7.90. The molecule has 3 heterocycles. The third kappa shape index (κ3) is 2.78. The predicted molar refractivity (Wildman–Crippen MR) is 94.9 cm³/mol. The molecule has 1 aromatic carbocycles. The highest BCUT2D eigenvalue weighted by Crippen LogP contribution is 2.40. The van der Waals surface area contributed by atoms with Crippen LogP contribution in [0.5, 0.6) is 0 Å². The lowest BCUT2D eigenvalue weighted by molar-refractivity contribution is 0.00542. The Bertz CT molecular complexity index is 891. The van der Waals surface area contributed by atoms with Crippen LogP contribution in [-0.4, -0.2) is 37.0 Å². The Labute approximate surface area is 150 Å². The van der Waals surface area contributed by atoms with Gasteiger partial charge in [-0.15, -0.1) is 0 Å². The maximum absolute atomic E-state index is 12.6. The fourth-order valence-electron chi connectivity index (χ4n) is 3.34. The minimum atomic E-state index is -3.63. The number of fused-ring (bicyclic) bond motifs is 3. The molecule has 1 aromatic heterocycles. The van der Waals surface area contributed by atoms with Gasteiger partial charge in [0.05, 0.1) is 27.4 Å². The topological polar surface area (TPSA) is 74.4 Å². The number of anilines is 1. The van der Waals surface area contributed by atoms with Crippen molar-refractivity contribution in [3.63, 3.8) is 0 Å². The molecule has 1 atom stereocenters. The molecule has 130 valence electrons. The molecule has 1 unspecified atom stereocenters. The van der Waals surface area contributed by atoms with Crippen LogP contribution in [0.1, 0.15) is 24.8 Å². The molecule has 0 saturated carbocycles. The molecule has 0 aliphatic carbocycles. The van der Waals surface area contributed by atoms with E-state index in [1.807, 2.05) is 0 Å². The van der Waals surface area contributed by atoms with E-state index in [1.54, 1.807) is 12.3 Å². The van der Waals surface area contributed by atoms with Crippen molar-refractivity contribution in [3.8, 4) is 0 Å². The van der Waals surface area contributed by atoms with E-state index in [1.165, 1.54) is 4.31 Å². The second kappa shape index (κ2) is 6.07. The van der Waals surface area contributed by atoms with Crippen molar-refractivity contribution in [3.05, 3.63) is 27.9 Å². The van der Waals surface area contributed by atoms with Crippen molar-refractivity contribution in [2.75, 3.05) is 17.9 Å². The van der Waals surface area contributed by atoms with Crippen molar-refractivity contribution < 1.29 is 13.2 Å². The van der Waals surface area contributed by atoms with E-state index in [2.05, 4.69) is 9.71 Å². The van der Waals surface area contributed by atoms with Crippen LogP contribution >= 0.6 is 23.2 Å². The highest BCUT2D eigenvalue weighted by Gasteiger charge is 2.33. The lowest BCUT2D eigenvalue weighted by Gasteiger charge is -2.33. The van der Waals surface area contributed by atoms with Gasteiger partial charge in [-0.05, 0) is 30.9 Å². The molecule has 24 heavy (non-hydrogen) atoms. The van der Waals surface area contributed by atoms with E-state index >= 15 is 0 Å². The molecule has 1 fully saturated rings. The number of benzene rings is 1. The Hall–Kier alpha value is -0.990. The number of hydrogen-bond acceptors (Lipinski definition) is 3. The van der Waals surface area contributed by atoms with Crippen LogP contribution in [0.15, 0.2) is 12.3 Å². The second-order valence-corrected chi connectivity index (χ2v) is 8.65. The summed E-state index contributed by atoms with van der Waals surface area (Å²) in [6.45, 7) is 1.29. The molecule has 4 rings (SSSR count). The second-order valence-electron chi connectivity index (χ2n) is 6.17. The van der Waals surface area contributed by atoms with Gasteiger partial charge in [-0.2, -0.15) is 12.7 Å². The summed E-state index contributed by atoms with van der Waals surface area (Å²) in [4.78, 5) is 3.00. The Morgan fingerprint density at radius 2 is 2.12 bits per heavy atom. The minimum absolute atomic E-state index is 0.0592. The molecule has 6 nitrogen and oxygen atoms in total. The van der Waals surface area contributed by atoms with Crippen LogP contribution in [0.3, 0.4) is 0 Å². The van der Waals surface area contributed by atoms with Crippen molar-refractivity contribution in [2.45, 2.75) is 31.9 Å². The van der Waals surface area contributed by atoms with Gasteiger partial charge >= 0.3 is 10.2 Å². The largest absolute Gasteiger partial charge is 0.377 e. The van der Waals surface area contributed by atoms with E-state index in [-0.39, 0.29) is 12.6 Å². The van der Waals surface area contributed by atoms with Crippen LogP contribution in [0.4, 0.5) is 5.69 Å². The molecular weight excluding hydrogens is 373 g/mol. The quantitative estimate of drug-likeness (QED) is 0.824. The number of H-pyrrole nitrogens is 1. The average Bonchev–Trinajstić information content (AvgIpc) is 2.93. The van der Waals surface area contributed by atoms with Gasteiger partial charge in [0.2, 0.25) is 0 Å². The zero-order valence-corrected chi connectivity index (χ0v) is 15.1. The molecule has 2 N–H and O–H groups in total. The summed E-state index contributed by atoms with van der Waals surface area (Å²) in [5, 5.41) is 1.60. The Balaban J connectivity index is 1.71. The lowest BCUT2D eigenvalue weighted by atomic mass is 10.1. The molecule has 0 radical (unpaired) electrons. The van der Waals surface area contributed by atoms with Gasteiger partial charge in [-0.3, -0.25) is 4.72 Å². The molecular formula is C15H17Cl2N3O3S. The minimum Gasteiger partial charge on any atom is -0.377 e. The smallest absolute Gasteiger partial charge is 0.302 e. The third-order valence-corrected chi connectivity index (χ3v) is 6.56. The number of rotatable bonds is 2. The fraction of sp³-hybridized carbons (Fsp3) is 0.467. The normalized spacial score (nSPS) is 23.8. The first-order chi connectivity index (χ1) is 11.5. The van der Waals surface area contributed by atoms with Gasteiger partial charge in [0.15, 0.2) is 0 Å².